The SMILES string of the molecule is CC(C)C(C)CNS(=O)(=O)Cc1ccccc1N. The Morgan fingerprint density at radius 3 is 2.39 bits per heavy atom. The molecule has 0 amide bonds. The lowest BCUT2D eigenvalue weighted by Gasteiger charge is -2.16. The van der Waals surface area contributed by atoms with Crippen LogP contribution >= 0.6 is 0 Å². The number of sulfonamides is 1. The fourth-order valence-corrected chi connectivity index (χ4v) is 2.71. The van der Waals surface area contributed by atoms with Gasteiger partial charge in [-0.25, -0.2) is 13.1 Å². The van der Waals surface area contributed by atoms with Gasteiger partial charge in [-0.05, 0) is 23.5 Å². The van der Waals surface area contributed by atoms with E-state index < -0.39 is 10.0 Å². The number of rotatable bonds is 6. The van der Waals surface area contributed by atoms with Crippen molar-refractivity contribution in [2.45, 2.75) is 26.5 Å². The zero-order valence-corrected chi connectivity index (χ0v) is 12.0. The second-order valence-electron chi connectivity index (χ2n) is 5.03. The van der Waals surface area contributed by atoms with Gasteiger partial charge in [0.15, 0.2) is 0 Å². The van der Waals surface area contributed by atoms with E-state index in [2.05, 4.69) is 18.6 Å². The Kier molecular flexibility index (Phi) is 5.16. The summed E-state index contributed by atoms with van der Waals surface area (Å²) in [6.07, 6.45) is 0. The summed E-state index contributed by atoms with van der Waals surface area (Å²) in [6, 6.07) is 7.03. The van der Waals surface area contributed by atoms with Crippen molar-refractivity contribution >= 4 is 15.7 Å². The number of hydrogen-bond acceptors (Lipinski definition) is 3. The van der Waals surface area contributed by atoms with Crippen molar-refractivity contribution in [1.29, 1.82) is 0 Å². The Morgan fingerprint density at radius 2 is 1.83 bits per heavy atom. The molecule has 18 heavy (non-hydrogen) atoms. The van der Waals surface area contributed by atoms with Crippen LogP contribution in [-0.4, -0.2) is 15.0 Å². The Labute approximate surface area is 110 Å². The smallest absolute Gasteiger partial charge is 0.215 e. The maximum absolute atomic E-state index is 11.9. The molecule has 0 bridgehead atoms. The number of nitrogens with one attached hydrogen (secondary N) is 1. The van der Waals surface area contributed by atoms with E-state index in [1.54, 1.807) is 24.3 Å². The summed E-state index contributed by atoms with van der Waals surface area (Å²) >= 11 is 0. The van der Waals surface area contributed by atoms with Gasteiger partial charge in [-0.15, -0.1) is 0 Å². The van der Waals surface area contributed by atoms with Gasteiger partial charge in [0.25, 0.3) is 0 Å². The fourth-order valence-electron chi connectivity index (χ4n) is 1.42. The van der Waals surface area contributed by atoms with Crippen molar-refractivity contribution in [1.82, 2.24) is 4.72 Å². The van der Waals surface area contributed by atoms with Crippen molar-refractivity contribution in [2.24, 2.45) is 11.8 Å². The largest absolute Gasteiger partial charge is 0.398 e. The van der Waals surface area contributed by atoms with Crippen LogP contribution in [0.15, 0.2) is 24.3 Å². The van der Waals surface area contributed by atoms with Gasteiger partial charge < -0.3 is 5.73 Å². The standard InChI is InChI=1S/C13H22N2O2S/c1-10(2)11(3)8-15-18(16,17)9-12-6-4-5-7-13(12)14/h4-7,10-11,15H,8-9,14H2,1-3H3. The molecular formula is C13H22N2O2S. The highest BCUT2D eigenvalue weighted by Gasteiger charge is 2.15. The lowest BCUT2D eigenvalue weighted by atomic mass is 9.99. The van der Waals surface area contributed by atoms with Crippen LogP contribution in [0.25, 0.3) is 0 Å². The minimum absolute atomic E-state index is 0.0650. The monoisotopic (exact) mass is 270 g/mol. The van der Waals surface area contributed by atoms with E-state index in [-0.39, 0.29) is 5.75 Å². The van der Waals surface area contributed by atoms with Crippen LogP contribution in [0.1, 0.15) is 26.3 Å². The van der Waals surface area contributed by atoms with Crippen LogP contribution in [0.5, 0.6) is 0 Å². The third-order valence-corrected chi connectivity index (χ3v) is 4.46. The Morgan fingerprint density at radius 1 is 1.22 bits per heavy atom. The summed E-state index contributed by atoms with van der Waals surface area (Å²) in [5.41, 5.74) is 6.89. The van der Waals surface area contributed by atoms with Gasteiger partial charge in [-0.1, -0.05) is 39.0 Å². The highest BCUT2D eigenvalue weighted by Crippen LogP contribution is 2.14. The van der Waals surface area contributed by atoms with Crippen molar-refractivity contribution in [2.75, 3.05) is 12.3 Å². The van der Waals surface area contributed by atoms with E-state index in [0.717, 1.165) is 0 Å². The van der Waals surface area contributed by atoms with Crippen molar-refractivity contribution in [3.05, 3.63) is 29.8 Å². The zero-order valence-electron chi connectivity index (χ0n) is 11.2. The molecule has 1 aromatic rings. The lowest BCUT2D eigenvalue weighted by Crippen LogP contribution is -2.31. The first-order valence-corrected chi connectivity index (χ1v) is 7.78. The van der Waals surface area contributed by atoms with Gasteiger partial charge in [-0.3, -0.25) is 0 Å². The molecule has 0 aliphatic rings. The number of nitrogen functional groups attached to an aromatic ring is 1. The van der Waals surface area contributed by atoms with Gasteiger partial charge in [0.2, 0.25) is 10.0 Å². The third-order valence-electron chi connectivity index (χ3n) is 3.16. The number of hydrogen-bond donors (Lipinski definition) is 2. The van der Waals surface area contributed by atoms with Crippen LogP contribution < -0.4 is 10.5 Å². The molecule has 1 rings (SSSR count). The molecule has 0 saturated carbocycles. The molecule has 0 heterocycles. The Bertz CT molecular complexity index is 484. The molecule has 0 radical (unpaired) electrons. The van der Waals surface area contributed by atoms with Crippen LogP contribution in [0, 0.1) is 11.8 Å². The molecule has 0 aromatic heterocycles. The lowest BCUT2D eigenvalue weighted by molar-refractivity contribution is 0.414. The average molecular weight is 270 g/mol. The number of para-hydroxylation sites is 1. The topological polar surface area (TPSA) is 72.2 Å². The highest BCUT2D eigenvalue weighted by atomic mass is 32.2. The molecule has 1 aromatic carbocycles. The molecule has 0 spiro atoms. The number of benzene rings is 1. The number of nitrogens with two attached hydrogens (primary N) is 1. The molecule has 0 aliphatic carbocycles. The second kappa shape index (κ2) is 6.20. The third kappa shape index (κ3) is 4.66. The van der Waals surface area contributed by atoms with E-state index in [1.807, 2.05) is 6.92 Å². The predicted molar refractivity (Wildman–Crippen MR) is 75.5 cm³/mol. The minimum atomic E-state index is -3.32. The quantitative estimate of drug-likeness (QED) is 0.776. The molecule has 0 fully saturated rings. The normalized spacial score (nSPS) is 13.8. The van der Waals surface area contributed by atoms with Gasteiger partial charge in [-0.2, -0.15) is 0 Å². The van der Waals surface area contributed by atoms with E-state index in [4.69, 9.17) is 5.73 Å². The summed E-state index contributed by atoms with van der Waals surface area (Å²) in [4.78, 5) is 0. The second-order valence-corrected chi connectivity index (χ2v) is 6.83. The Balaban J connectivity index is 2.63. The summed E-state index contributed by atoms with van der Waals surface area (Å²) < 4.78 is 26.5. The van der Waals surface area contributed by atoms with Crippen molar-refractivity contribution < 1.29 is 8.42 Å². The molecule has 3 N–H and O–H groups in total. The molecule has 1 unspecified atom stereocenters. The van der Waals surface area contributed by atoms with Crippen LogP contribution in [0.2, 0.25) is 0 Å². The molecule has 0 saturated heterocycles. The average Bonchev–Trinajstić information content (AvgIpc) is 2.29. The van der Waals surface area contributed by atoms with Crippen LogP contribution in [0.4, 0.5) is 5.69 Å². The first-order valence-electron chi connectivity index (χ1n) is 6.12. The molecule has 5 heteroatoms. The number of anilines is 1. The van der Waals surface area contributed by atoms with Crippen molar-refractivity contribution in [3.63, 3.8) is 0 Å². The van der Waals surface area contributed by atoms with E-state index >= 15 is 0 Å². The molecule has 102 valence electrons. The fraction of sp³-hybridized carbons (Fsp3) is 0.538. The van der Waals surface area contributed by atoms with Gasteiger partial charge in [0.05, 0.1) is 5.75 Å². The summed E-state index contributed by atoms with van der Waals surface area (Å²) in [5.74, 6) is 0.701. The first kappa shape index (κ1) is 15.0. The summed E-state index contributed by atoms with van der Waals surface area (Å²) in [5, 5.41) is 0. The Hall–Kier alpha value is -1.07. The predicted octanol–water partition coefficient (Wildman–Crippen LogP) is 1.98. The molecular weight excluding hydrogens is 248 g/mol. The van der Waals surface area contributed by atoms with Crippen molar-refractivity contribution in [3.8, 4) is 0 Å². The molecule has 0 aliphatic heterocycles. The van der Waals surface area contributed by atoms with Crippen LogP contribution in [-0.2, 0) is 15.8 Å². The summed E-state index contributed by atoms with van der Waals surface area (Å²) in [7, 11) is -3.32. The van der Waals surface area contributed by atoms with Gasteiger partial charge >= 0.3 is 0 Å². The van der Waals surface area contributed by atoms with Gasteiger partial charge in [0.1, 0.15) is 0 Å². The van der Waals surface area contributed by atoms with E-state index in [9.17, 15) is 8.42 Å². The maximum atomic E-state index is 11.9. The minimum Gasteiger partial charge on any atom is -0.398 e. The van der Waals surface area contributed by atoms with E-state index in [0.29, 0.717) is 29.6 Å². The zero-order chi connectivity index (χ0) is 13.8. The molecule has 4 nitrogen and oxygen atoms in total. The van der Waals surface area contributed by atoms with Crippen LogP contribution in [0.3, 0.4) is 0 Å². The first-order chi connectivity index (χ1) is 8.32. The summed E-state index contributed by atoms with van der Waals surface area (Å²) in [6.45, 7) is 6.65. The van der Waals surface area contributed by atoms with E-state index in [1.165, 1.54) is 0 Å². The molecule has 1 atom stereocenters. The van der Waals surface area contributed by atoms with Gasteiger partial charge in [0, 0.05) is 12.2 Å². The maximum Gasteiger partial charge on any atom is 0.215 e. The highest BCUT2D eigenvalue weighted by molar-refractivity contribution is 7.88.